The summed E-state index contributed by atoms with van der Waals surface area (Å²) in [5.41, 5.74) is 5.15. The van der Waals surface area contributed by atoms with Gasteiger partial charge in [-0.25, -0.2) is 13.8 Å². The maximum Gasteiger partial charge on any atom is 0.269 e. The average Bonchev–Trinajstić information content (AvgIpc) is 2.74. The van der Waals surface area contributed by atoms with Crippen LogP contribution in [0.4, 0.5) is 25.4 Å². The van der Waals surface area contributed by atoms with E-state index < -0.39 is 23.2 Å². The van der Waals surface area contributed by atoms with Gasteiger partial charge in [-0.3, -0.25) is 4.79 Å². The number of carbonyl (C=O) groups is 1. The van der Waals surface area contributed by atoms with Crippen molar-refractivity contribution >= 4 is 33.9 Å². The fourth-order valence-corrected chi connectivity index (χ4v) is 2.52. The van der Waals surface area contributed by atoms with Gasteiger partial charge in [-0.15, -0.1) is 0 Å². The first kappa shape index (κ1) is 15.2. The van der Waals surface area contributed by atoms with Crippen molar-refractivity contribution in [1.29, 1.82) is 0 Å². The van der Waals surface area contributed by atoms with Gasteiger partial charge in [0.25, 0.3) is 5.91 Å². The summed E-state index contributed by atoms with van der Waals surface area (Å²) in [4.78, 5) is 16.1. The lowest BCUT2D eigenvalue weighted by molar-refractivity contribution is 0.103. The summed E-state index contributed by atoms with van der Waals surface area (Å²) in [5, 5.41) is 5.66. The van der Waals surface area contributed by atoms with Crippen LogP contribution in [-0.2, 0) is 0 Å². The predicted octanol–water partition coefficient (Wildman–Crippen LogP) is 3.08. The SMILES string of the molecule is CC(C)Nc1nc(N)c(C(=O)Nc2c(F)cccc2F)s1. The molecule has 0 fully saturated rings. The number of halogens is 2. The highest BCUT2D eigenvalue weighted by molar-refractivity contribution is 7.18. The lowest BCUT2D eigenvalue weighted by Crippen LogP contribution is -2.14. The lowest BCUT2D eigenvalue weighted by Gasteiger charge is -2.06. The normalized spacial score (nSPS) is 10.7. The number of nitrogen functional groups attached to an aromatic ring is 1. The molecule has 2 rings (SSSR count). The second kappa shape index (κ2) is 6.04. The zero-order chi connectivity index (χ0) is 15.6. The Morgan fingerprint density at radius 3 is 2.52 bits per heavy atom. The van der Waals surface area contributed by atoms with E-state index in [1.807, 2.05) is 13.8 Å². The Kier molecular flexibility index (Phi) is 4.37. The van der Waals surface area contributed by atoms with Crippen LogP contribution >= 0.6 is 11.3 Å². The molecule has 0 bridgehead atoms. The number of carbonyl (C=O) groups excluding carboxylic acids is 1. The fraction of sp³-hybridized carbons (Fsp3) is 0.231. The van der Waals surface area contributed by atoms with Crippen molar-refractivity contribution in [1.82, 2.24) is 4.98 Å². The van der Waals surface area contributed by atoms with Crippen LogP contribution in [0.5, 0.6) is 0 Å². The molecule has 0 radical (unpaired) electrons. The summed E-state index contributed by atoms with van der Waals surface area (Å²) in [6.45, 7) is 3.82. The largest absolute Gasteiger partial charge is 0.382 e. The molecular formula is C13H14F2N4OS. The van der Waals surface area contributed by atoms with E-state index in [-0.39, 0.29) is 16.7 Å². The van der Waals surface area contributed by atoms with Crippen molar-refractivity contribution < 1.29 is 13.6 Å². The van der Waals surface area contributed by atoms with Crippen LogP contribution in [0.15, 0.2) is 18.2 Å². The van der Waals surface area contributed by atoms with Gasteiger partial charge in [0.15, 0.2) is 5.13 Å². The van der Waals surface area contributed by atoms with Crippen LogP contribution < -0.4 is 16.4 Å². The van der Waals surface area contributed by atoms with E-state index in [9.17, 15) is 13.6 Å². The van der Waals surface area contributed by atoms with E-state index in [1.165, 1.54) is 6.07 Å². The Morgan fingerprint density at radius 1 is 1.33 bits per heavy atom. The summed E-state index contributed by atoms with van der Waals surface area (Å²) < 4.78 is 27.0. The number of nitrogens with two attached hydrogens (primary N) is 1. The minimum absolute atomic E-state index is 0.0115. The van der Waals surface area contributed by atoms with Gasteiger partial charge < -0.3 is 16.4 Å². The van der Waals surface area contributed by atoms with Gasteiger partial charge in [0.2, 0.25) is 0 Å². The molecule has 112 valence electrons. The molecule has 1 amide bonds. The number of hydrogen-bond acceptors (Lipinski definition) is 5. The van der Waals surface area contributed by atoms with Crippen molar-refractivity contribution in [3.63, 3.8) is 0 Å². The van der Waals surface area contributed by atoms with Crippen LogP contribution in [0.2, 0.25) is 0 Å². The Labute approximate surface area is 124 Å². The molecule has 0 atom stereocenters. The molecule has 2 aromatic rings. The topological polar surface area (TPSA) is 80.0 Å². The highest BCUT2D eigenvalue weighted by Gasteiger charge is 2.19. The molecule has 4 N–H and O–H groups in total. The second-order valence-corrected chi connectivity index (χ2v) is 5.58. The van der Waals surface area contributed by atoms with Crippen molar-refractivity contribution in [2.75, 3.05) is 16.4 Å². The molecule has 1 aromatic heterocycles. The first-order valence-electron chi connectivity index (χ1n) is 6.16. The minimum atomic E-state index is -0.855. The average molecular weight is 312 g/mol. The van der Waals surface area contributed by atoms with Crippen LogP contribution in [0, 0.1) is 11.6 Å². The van der Waals surface area contributed by atoms with Gasteiger partial charge in [-0.2, -0.15) is 0 Å². The molecule has 0 saturated heterocycles. The second-order valence-electron chi connectivity index (χ2n) is 4.58. The number of hydrogen-bond donors (Lipinski definition) is 3. The third-order valence-corrected chi connectivity index (χ3v) is 3.47. The molecule has 0 unspecified atom stereocenters. The molecule has 0 saturated carbocycles. The van der Waals surface area contributed by atoms with E-state index >= 15 is 0 Å². The highest BCUT2D eigenvalue weighted by Crippen LogP contribution is 2.27. The Balaban J connectivity index is 2.23. The van der Waals surface area contributed by atoms with E-state index in [0.29, 0.717) is 5.13 Å². The number of para-hydroxylation sites is 1. The maximum absolute atomic E-state index is 13.5. The highest BCUT2D eigenvalue weighted by atomic mass is 32.1. The third-order valence-electron chi connectivity index (χ3n) is 2.47. The molecular weight excluding hydrogens is 298 g/mol. The van der Waals surface area contributed by atoms with Crippen molar-refractivity contribution in [3.8, 4) is 0 Å². The van der Waals surface area contributed by atoms with E-state index in [2.05, 4.69) is 15.6 Å². The molecule has 0 aliphatic heterocycles. The number of nitrogens with zero attached hydrogens (tertiary/aromatic N) is 1. The first-order chi connectivity index (χ1) is 9.88. The van der Waals surface area contributed by atoms with Gasteiger partial charge in [0.05, 0.1) is 0 Å². The summed E-state index contributed by atoms with van der Waals surface area (Å²) in [6.07, 6.45) is 0. The minimum Gasteiger partial charge on any atom is -0.382 e. The monoisotopic (exact) mass is 312 g/mol. The summed E-state index contributed by atoms with van der Waals surface area (Å²) in [5.74, 6) is -2.40. The zero-order valence-corrected chi connectivity index (χ0v) is 12.2. The molecule has 0 aliphatic rings. The number of rotatable bonds is 4. The molecule has 0 spiro atoms. The molecule has 1 heterocycles. The van der Waals surface area contributed by atoms with E-state index in [1.54, 1.807) is 0 Å². The quantitative estimate of drug-likeness (QED) is 0.810. The van der Waals surface area contributed by atoms with Crippen molar-refractivity contribution in [2.24, 2.45) is 0 Å². The van der Waals surface area contributed by atoms with E-state index in [0.717, 1.165) is 23.5 Å². The zero-order valence-electron chi connectivity index (χ0n) is 11.4. The molecule has 5 nitrogen and oxygen atoms in total. The summed E-state index contributed by atoms with van der Waals surface area (Å²) in [7, 11) is 0. The number of amides is 1. The summed E-state index contributed by atoms with van der Waals surface area (Å²) >= 11 is 1.02. The van der Waals surface area contributed by atoms with Crippen molar-refractivity contribution in [2.45, 2.75) is 19.9 Å². The Bertz CT molecular complexity index is 652. The predicted molar refractivity (Wildman–Crippen MR) is 79.6 cm³/mol. The third kappa shape index (κ3) is 3.46. The van der Waals surface area contributed by atoms with Gasteiger partial charge >= 0.3 is 0 Å². The molecule has 21 heavy (non-hydrogen) atoms. The fourth-order valence-electron chi connectivity index (χ4n) is 1.59. The number of anilines is 3. The van der Waals surface area contributed by atoms with Gasteiger partial charge in [-0.1, -0.05) is 17.4 Å². The maximum atomic E-state index is 13.5. The number of benzene rings is 1. The van der Waals surface area contributed by atoms with Gasteiger partial charge in [0.1, 0.15) is 28.0 Å². The van der Waals surface area contributed by atoms with E-state index in [4.69, 9.17) is 5.73 Å². The Morgan fingerprint density at radius 2 is 1.95 bits per heavy atom. The number of nitrogens with one attached hydrogen (secondary N) is 2. The van der Waals surface area contributed by atoms with Crippen LogP contribution in [0.1, 0.15) is 23.5 Å². The number of aromatic nitrogens is 1. The first-order valence-corrected chi connectivity index (χ1v) is 6.98. The van der Waals surface area contributed by atoms with Crippen LogP contribution in [0.3, 0.4) is 0 Å². The lowest BCUT2D eigenvalue weighted by atomic mass is 10.3. The van der Waals surface area contributed by atoms with Crippen molar-refractivity contribution in [3.05, 3.63) is 34.7 Å². The molecule has 0 aliphatic carbocycles. The summed E-state index contributed by atoms with van der Waals surface area (Å²) in [6, 6.07) is 3.45. The van der Waals surface area contributed by atoms with Gasteiger partial charge in [0, 0.05) is 6.04 Å². The molecule has 1 aromatic carbocycles. The standard InChI is InChI=1S/C13H14F2N4OS/c1-6(2)17-13-19-11(16)10(21-13)12(20)18-9-7(14)4-3-5-8(9)15/h3-6H,16H2,1-2H3,(H,17,19)(H,18,20). The van der Waals surface area contributed by atoms with Crippen LogP contribution in [-0.4, -0.2) is 16.9 Å². The van der Waals surface area contributed by atoms with Gasteiger partial charge in [-0.05, 0) is 26.0 Å². The Hall–Kier alpha value is -2.22. The number of thiazole rings is 1. The van der Waals surface area contributed by atoms with Crippen LogP contribution in [0.25, 0.3) is 0 Å². The smallest absolute Gasteiger partial charge is 0.269 e. The molecule has 8 heteroatoms.